The van der Waals surface area contributed by atoms with E-state index in [2.05, 4.69) is 0 Å². The Bertz CT molecular complexity index is 1140. The SMILES string of the molecule is COc1cc(CCC(=O)OCc2cc(=O)oc3cc(C)c(C)cc23)cc(OC)c1OC. The highest BCUT2D eigenvalue weighted by molar-refractivity contribution is 5.82. The van der Waals surface area contributed by atoms with Crippen molar-refractivity contribution in [1.29, 1.82) is 0 Å². The lowest BCUT2D eigenvalue weighted by Crippen LogP contribution is -2.09. The van der Waals surface area contributed by atoms with Crippen LogP contribution in [-0.4, -0.2) is 27.3 Å². The molecular weight excluding hydrogens is 400 g/mol. The highest BCUT2D eigenvalue weighted by Crippen LogP contribution is 2.38. The number of hydrogen-bond donors (Lipinski definition) is 0. The van der Waals surface area contributed by atoms with E-state index in [1.165, 1.54) is 13.2 Å². The number of carbonyl (C=O) groups is 1. The Hall–Kier alpha value is -3.48. The van der Waals surface area contributed by atoms with Gasteiger partial charge in [-0.25, -0.2) is 4.79 Å². The fourth-order valence-electron chi connectivity index (χ4n) is 3.36. The van der Waals surface area contributed by atoms with Crippen molar-refractivity contribution in [3.8, 4) is 17.2 Å². The van der Waals surface area contributed by atoms with Crippen molar-refractivity contribution in [2.45, 2.75) is 33.3 Å². The lowest BCUT2D eigenvalue weighted by atomic mass is 10.0. The van der Waals surface area contributed by atoms with Gasteiger partial charge in [0, 0.05) is 23.4 Å². The number of methoxy groups -OCH3 is 3. The molecule has 0 aliphatic rings. The van der Waals surface area contributed by atoms with Crippen LogP contribution in [0.25, 0.3) is 11.0 Å². The maximum absolute atomic E-state index is 12.4. The van der Waals surface area contributed by atoms with Gasteiger partial charge in [-0.2, -0.15) is 0 Å². The van der Waals surface area contributed by atoms with E-state index in [0.29, 0.717) is 34.8 Å². The van der Waals surface area contributed by atoms with Crippen LogP contribution in [0, 0.1) is 13.8 Å². The molecule has 31 heavy (non-hydrogen) atoms. The zero-order chi connectivity index (χ0) is 22.5. The molecule has 0 unspecified atom stereocenters. The van der Waals surface area contributed by atoms with Gasteiger partial charge in [0.25, 0.3) is 0 Å². The molecule has 164 valence electrons. The summed E-state index contributed by atoms with van der Waals surface area (Å²) in [7, 11) is 4.62. The van der Waals surface area contributed by atoms with Gasteiger partial charge in [-0.15, -0.1) is 0 Å². The van der Waals surface area contributed by atoms with Gasteiger partial charge in [0.1, 0.15) is 12.2 Å². The maximum Gasteiger partial charge on any atom is 0.336 e. The summed E-state index contributed by atoms with van der Waals surface area (Å²) in [6.07, 6.45) is 0.599. The molecule has 1 heterocycles. The Morgan fingerprint density at radius 2 is 1.55 bits per heavy atom. The second-order valence-electron chi connectivity index (χ2n) is 7.22. The summed E-state index contributed by atoms with van der Waals surface area (Å²) in [5.74, 6) is 1.17. The summed E-state index contributed by atoms with van der Waals surface area (Å²) >= 11 is 0. The second kappa shape index (κ2) is 9.55. The fraction of sp³-hybridized carbons (Fsp3) is 0.333. The van der Waals surface area contributed by atoms with Gasteiger partial charge in [-0.3, -0.25) is 4.79 Å². The predicted octanol–water partition coefficient (Wildman–Crippen LogP) is 4.11. The van der Waals surface area contributed by atoms with Crippen molar-refractivity contribution >= 4 is 16.9 Å². The van der Waals surface area contributed by atoms with Crippen molar-refractivity contribution in [3.63, 3.8) is 0 Å². The molecule has 0 atom stereocenters. The first-order valence-corrected chi connectivity index (χ1v) is 9.84. The zero-order valence-electron chi connectivity index (χ0n) is 18.4. The molecule has 2 aromatic carbocycles. The molecule has 0 radical (unpaired) electrons. The molecule has 0 aliphatic heterocycles. The summed E-state index contributed by atoms with van der Waals surface area (Å²) in [5.41, 5.74) is 3.57. The zero-order valence-corrected chi connectivity index (χ0v) is 18.4. The van der Waals surface area contributed by atoms with Crippen LogP contribution in [0.2, 0.25) is 0 Å². The van der Waals surface area contributed by atoms with E-state index in [1.54, 1.807) is 26.4 Å². The van der Waals surface area contributed by atoms with E-state index in [-0.39, 0.29) is 19.0 Å². The van der Waals surface area contributed by atoms with Crippen LogP contribution < -0.4 is 19.8 Å². The Kier molecular flexibility index (Phi) is 6.84. The lowest BCUT2D eigenvalue weighted by Gasteiger charge is -2.14. The van der Waals surface area contributed by atoms with Gasteiger partial charge in [-0.05, 0) is 61.2 Å². The predicted molar refractivity (Wildman–Crippen MR) is 116 cm³/mol. The van der Waals surface area contributed by atoms with Gasteiger partial charge in [0.15, 0.2) is 11.5 Å². The summed E-state index contributed by atoms with van der Waals surface area (Å²) in [6, 6.07) is 8.73. The van der Waals surface area contributed by atoms with Gasteiger partial charge in [0.2, 0.25) is 5.75 Å². The van der Waals surface area contributed by atoms with E-state index < -0.39 is 5.63 Å². The van der Waals surface area contributed by atoms with Gasteiger partial charge in [0.05, 0.1) is 21.3 Å². The van der Waals surface area contributed by atoms with Crippen LogP contribution in [0.3, 0.4) is 0 Å². The lowest BCUT2D eigenvalue weighted by molar-refractivity contribution is -0.144. The Morgan fingerprint density at radius 3 is 2.16 bits per heavy atom. The van der Waals surface area contributed by atoms with E-state index in [1.807, 2.05) is 26.0 Å². The maximum atomic E-state index is 12.4. The van der Waals surface area contributed by atoms with Gasteiger partial charge in [-0.1, -0.05) is 0 Å². The van der Waals surface area contributed by atoms with Crippen LogP contribution in [0.15, 0.2) is 39.5 Å². The Morgan fingerprint density at radius 1 is 0.903 bits per heavy atom. The molecule has 0 saturated carbocycles. The summed E-state index contributed by atoms with van der Waals surface area (Å²) in [5, 5.41) is 0.764. The first kappa shape index (κ1) is 22.2. The Balaban J connectivity index is 1.70. The van der Waals surface area contributed by atoms with E-state index in [4.69, 9.17) is 23.4 Å². The molecule has 0 spiro atoms. The highest BCUT2D eigenvalue weighted by Gasteiger charge is 2.15. The third-order valence-electron chi connectivity index (χ3n) is 5.18. The number of aryl methyl sites for hydroxylation is 3. The molecule has 0 bridgehead atoms. The van der Waals surface area contributed by atoms with Gasteiger partial charge >= 0.3 is 11.6 Å². The third kappa shape index (κ3) is 4.99. The molecule has 0 amide bonds. The van der Waals surface area contributed by atoms with E-state index >= 15 is 0 Å². The smallest absolute Gasteiger partial charge is 0.336 e. The van der Waals surface area contributed by atoms with Crippen molar-refractivity contribution < 1.29 is 28.2 Å². The average molecular weight is 426 g/mol. The van der Waals surface area contributed by atoms with E-state index in [0.717, 1.165) is 22.1 Å². The number of esters is 1. The first-order valence-electron chi connectivity index (χ1n) is 9.84. The van der Waals surface area contributed by atoms with Crippen molar-refractivity contribution in [2.24, 2.45) is 0 Å². The molecule has 0 N–H and O–H groups in total. The number of hydrogen-bond acceptors (Lipinski definition) is 7. The minimum Gasteiger partial charge on any atom is -0.493 e. The van der Waals surface area contributed by atoms with Crippen molar-refractivity contribution in [3.05, 3.63) is 63.0 Å². The Labute approximate surface area is 180 Å². The standard InChI is InChI=1S/C24H26O7/c1-14-8-18-17(12-23(26)31-19(18)9-15(14)2)13-30-22(25)7-6-16-10-20(27-3)24(29-5)21(11-16)28-4/h8-12H,6-7,13H2,1-5H3. The van der Waals surface area contributed by atoms with Crippen molar-refractivity contribution in [1.82, 2.24) is 0 Å². The molecule has 1 aromatic heterocycles. The van der Waals surface area contributed by atoms with Crippen LogP contribution in [-0.2, 0) is 22.6 Å². The minimum absolute atomic E-state index is 0.00130. The molecule has 3 rings (SSSR count). The summed E-state index contributed by atoms with van der Waals surface area (Å²) in [6.45, 7) is 3.93. The fourth-order valence-corrected chi connectivity index (χ4v) is 3.36. The van der Waals surface area contributed by atoms with Crippen LogP contribution in [0.4, 0.5) is 0 Å². The van der Waals surface area contributed by atoms with E-state index in [9.17, 15) is 9.59 Å². The normalized spacial score (nSPS) is 10.7. The monoisotopic (exact) mass is 426 g/mol. The third-order valence-corrected chi connectivity index (χ3v) is 5.18. The number of fused-ring (bicyclic) bond motifs is 1. The molecule has 7 heteroatoms. The van der Waals surface area contributed by atoms with Crippen LogP contribution in [0.5, 0.6) is 17.2 Å². The first-order chi connectivity index (χ1) is 14.9. The van der Waals surface area contributed by atoms with Crippen LogP contribution in [0.1, 0.15) is 28.7 Å². The number of rotatable bonds is 8. The topological polar surface area (TPSA) is 84.2 Å². The molecular formula is C24H26O7. The quantitative estimate of drug-likeness (QED) is 0.396. The molecule has 0 saturated heterocycles. The second-order valence-corrected chi connectivity index (χ2v) is 7.22. The highest BCUT2D eigenvalue weighted by atomic mass is 16.5. The van der Waals surface area contributed by atoms with Crippen LogP contribution >= 0.6 is 0 Å². The minimum atomic E-state index is -0.473. The van der Waals surface area contributed by atoms with Crippen molar-refractivity contribution in [2.75, 3.05) is 21.3 Å². The number of benzene rings is 2. The number of carbonyl (C=O) groups excluding carboxylic acids is 1. The largest absolute Gasteiger partial charge is 0.493 e. The molecule has 3 aromatic rings. The average Bonchev–Trinajstić information content (AvgIpc) is 2.76. The van der Waals surface area contributed by atoms with Gasteiger partial charge < -0.3 is 23.4 Å². The number of ether oxygens (including phenoxy) is 4. The summed E-state index contributed by atoms with van der Waals surface area (Å²) < 4.78 is 26.7. The molecule has 0 aliphatic carbocycles. The summed E-state index contributed by atoms with van der Waals surface area (Å²) in [4.78, 5) is 24.2. The molecule has 0 fully saturated rings. The molecule has 7 nitrogen and oxygen atoms in total.